The van der Waals surface area contributed by atoms with Gasteiger partial charge in [-0.1, -0.05) is 68.1 Å². The van der Waals surface area contributed by atoms with E-state index in [4.69, 9.17) is 5.10 Å². The van der Waals surface area contributed by atoms with Crippen molar-refractivity contribution in [3.8, 4) is 0 Å². The zero-order chi connectivity index (χ0) is 25.3. The fourth-order valence-electron chi connectivity index (χ4n) is 5.77. The third-order valence-corrected chi connectivity index (χ3v) is 7.83. The van der Waals surface area contributed by atoms with Crippen LogP contribution < -0.4 is 5.32 Å². The molecule has 5 heteroatoms. The van der Waals surface area contributed by atoms with Crippen LogP contribution in [0.2, 0.25) is 0 Å². The van der Waals surface area contributed by atoms with Gasteiger partial charge in [0.25, 0.3) is 0 Å². The number of aldehydes is 1. The van der Waals surface area contributed by atoms with Crippen LogP contribution in [0, 0.1) is 5.82 Å². The molecule has 36 heavy (non-hydrogen) atoms. The standard InChI is InChI=1S/C22H27FN2O.C9H13N/c23-18-9-6-7-16(14-18)13-17-8-4-5-12-20-21(15-26)24-25(22(17)20)19-10-2-1-3-11-19;1-8(10-2)9-6-4-3-5-7-9/h6-7,9,14-15,17,19H,1-5,8,10-13H2;3-8,10H,1-2H3/t;8-/m.1/s1. The summed E-state index contributed by atoms with van der Waals surface area (Å²) in [4.78, 5) is 11.7. The van der Waals surface area contributed by atoms with Crippen LogP contribution in [0.5, 0.6) is 0 Å². The molecule has 0 saturated heterocycles. The molecule has 0 bridgehead atoms. The summed E-state index contributed by atoms with van der Waals surface area (Å²) in [5.41, 5.74) is 5.43. The van der Waals surface area contributed by atoms with E-state index in [2.05, 4.69) is 41.2 Å². The number of halogens is 1. The predicted molar refractivity (Wildman–Crippen MR) is 144 cm³/mol. The maximum Gasteiger partial charge on any atom is 0.170 e. The number of hydrogen-bond acceptors (Lipinski definition) is 3. The van der Waals surface area contributed by atoms with Crippen molar-refractivity contribution in [1.29, 1.82) is 0 Å². The highest BCUT2D eigenvalue weighted by atomic mass is 19.1. The SMILES string of the molecule is CN[C@H](C)c1ccccc1.O=Cc1nn(C2CCCCC2)c2c1CCCCC2Cc1cccc(F)c1. The molecule has 192 valence electrons. The third-order valence-electron chi connectivity index (χ3n) is 7.83. The van der Waals surface area contributed by atoms with E-state index in [0.717, 1.165) is 62.4 Å². The van der Waals surface area contributed by atoms with E-state index in [1.165, 1.54) is 36.6 Å². The molecule has 5 rings (SSSR count). The number of rotatable bonds is 6. The van der Waals surface area contributed by atoms with Crippen LogP contribution >= 0.6 is 0 Å². The number of benzene rings is 2. The molecule has 4 nitrogen and oxygen atoms in total. The molecule has 1 fully saturated rings. The van der Waals surface area contributed by atoms with Gasteiger partial charge in [0.1, 0.15) is 11.5 Å². The highest BCUT2D eigenvalue weighted by Gasteiger charge is 2.30. The van der Waals surface area contributed by atoms with Crippen molar-refractivity contribution in [1.82, 2.24) is 15.1 Å². The summed E-state index contributed by atoms with van der Waals surface area (Å²) < 4.78 is 15.9. The van der Waals surface area contributed by atoms with Gasteiger partial charge in [0.05, 0.1) is 6.04 Å². The first-order chi connectivity index (χ1) is 17.6. The molecule has 0 amide bonds. The van der Waals surface area contributed by atoms with E-state index >= 15 is 0 Å². The first-order valence-electron chi connectivity index (χ1n) is 13.6. The Balaban J connectivity index is 0.000000256. The molecule has 2 atom stereocenters. The van der Waals surface area contributed by atoms with Crippen molar-refractivity contribution in [3.05, 3.63) is 88.5 Å². The van der Waals surface area contributed by atoms with Crippen molar-refractivity contribution >= 4 is 6.29 Å². The first kappa shape index (κ1) is 26.3. The Morgan fingerprint density at radius 3 is 2.47 bits per heavy atom. The van der Waals surface area contributed by atoms with Gasteiger partial charge in [0.15, 0.2) is 6.29 Å². The lowest BCUT2D eigenvalue weighted by Gasteiger charge is -2.27. The van der Waals surface area contributed by atoms with E-state index in [1.54, 1.807) is 12.1 Å². The third kappa shape index (κ3) is 6.50. The molecule has 1 unspecified atom stereocenters. The molecule has 1 heterocycles. The Morgan fingerprint density at radius 2 is 1.78 bits per heavy atom. The van der Waals surface area contributed by atoms with Crippen molar-refractivity contribution in [2.75, 3.05) is 7.05 Å². The average molecular weight is 490 g/mol. The lowest BCUT2D eigenvalue weighted by molar-refractivity contribution is 0.111. The van der Waals surface area contributed by atoms with Gasteiger partial charge in [-0.3, -0.25) is 9.48 Å². The fraction of sp³-hybridized carbons (Fsp3) is 0.484. The van der Waals surface area contributed by atoms with Crippen LogP contribution in [0.3, 0.4) is 0 Å². The topological polar surface area (TPSA) is 46.9 Å². The predicted octanol–water partition coefficient (Wildman–Crippen LogP) is 7.36. The normalized spacial score (nSPS) is 18.9. The van der Waals surface area contributed by atoms with Crippen molar-refractivity contribution in [3.63, 3.8) is 0 Å². The molecule has 0 radical (unpaired) electrons. The zero-order valence-electron chi connectivity index (χ0n) is 21.8. The molecular formula is C31H40FN3O. The molecule has 2 aliphatic carbocycles. The number of hydrogen-bond donors (Lipinski definition) is 1. The van der Waals surface area contributed by atoms with E-state index in [1.807, 2.05) is 19.2 Å². The van der Waals surface area contributed by atoms with Crippen molar-refractivity contribution in [2.45, 2.75) is 89.1 Å². The van der Waals surface area contributed by atoms with Gasteiger partial charge in [-0.05, 0) is 75.8 Å². The number of carbonyl (C=O) groups excluding carboxylic acids is 1. The number of nitrogens with one attached hydrogen (secondary N) is 1. The molecule has 2 aromatic carbocycles. The summed E-state index contributed by atoms with van der Waals surface area (Å²) in [6.45, 7) is 2.15. The minimum Gasteiger partial charge on any atom is -0.313 e. The zero-order valence-corrected chi connectivity index (χ0v) is 21.8. The Hall–Kier alpha value is -2.79. The van der Waals surface area contributed by atoms with Crippen LogP contribution in [0.1, 0.15) is 109 Å². The van der Waals surface area contributed by atoms with Crippen LogP contribution in [0.4, 0.5) is 4.39 Å². The van der Waals surface area contributed by atoms with Gasteiger partial charge in [0, 0.05) is 23.2 Å². The number of aromatic nitrogens is 2. The monoisotopic (exact) mass is 489 g/mol. The molecule has 1 N–H and O–H groups in total. The van der Waals surface area contributed by atoms with Crippen LogP contribution in [0.15, 0.2) is 54.6 Å². The second kappa shape index (κ2) is 13.0. The summed E-state index contributed by atoms with van der Waals surface area (Å²) >= 11 is 0. The Labute approximate surface area is 215 Å². The number of fused-ring (bicyclic) bond motifs is 1. The lowest BCUT2D eigenvalue weighted by atomic mass is 9.89. The summed E-state index contributed by atoms with van der Waals surface area (Å²) in [5, 5.41) is 7.94. The summed E-state index contributed by atoms with van der Waals surface area (Å²) in [6, 6.07) is 18.2. The molecule has 2 aliphatic rings. The Morgan fingerprint density at radius 1 is 1.03 bits per heavy atom. The first-order valence-corrected chi connectivity index (χ1v) is 13.6. The number of carbonyl (C=O) groups is 1. The lowest BCUT2D eigenvalue weighted by Crippen LogP contribution is -2.19. The van der Waals surface area contributed by atoms with Crippen LogP contribution in [0.25, 0.3) is 0 Å². The minimum atomic E-state index is -0.175. The second-order valence-electron chi connectivity index (χ2n) is 10.3. The maximum atomic E-state index is 13.7. The van der Waals surface area contributed by atoms with E-state index < -0.39 is 0 Å². The molecule has 0 aliphatic heterocycles. The molecular weight excluding hydrogens is 449 g/mol. The van der Waals surface area contributed by atoms with E-state index in [9.17, 15) is 9.18 Å². The highest BCUT2D eigenvalue weighted by molar-refractivity contribution is 5.75. The molecule has 1 saturated carbocycles. The molecule has 1 aromatic heterocycles. The quantitative estimate of drug-likeness (QED) is 0.291. The summed E-state index contributed by atoms with van der Waals surface area (Å²) in [7, 11) is 1.97. The van der Waals surface area contributed by atoms with Crippen LogP contribution in [-0.4, -0.2) is 23.1 Å². The Kier molecular flexibility index (Phi) is 9.46. The van der Waals surface area contributed by atoms with Crippen LogP contribution in [-0.2, 0) is 12.8 Å². The summed E-state index contributed by atoms with van der Waals surface area (Å²) in [6.07, 6.45) is 12.1. The minimum absolute atomic E-state index is 0.175. The number of nitrogens with zero attached hydrogens (tertiary/aromatic N) is 2. The van der Waals surface area contributed by atoms with Gasteiger partial charge in [-0.25, -0.2) is 4.39 Å². The second-order valence-corrected chi connectivity index (χ2v) is 10.3. The molecule has 3 aromatic rings. The maximum absolute atomic E-state index is 13.7. The van der Waals surface area contributed by atoms with Gasteiger partial charge in [0.2, 0.25) is 0 Å². The fourth-order valence-corrected chi connectivity index (χ4v) is 5.77. The van der Waals surface area contributed by atoms with Gasteiger partial charge in [-0.2, -0.15) is 5.10 Å². The molecule has 0 spiro atoms. The smallest absolute Gasteiger partial charge is 0.170 e. The van der Waals surface area contributed by atoms with Gasteiger partial charge >= 0.3 is 0 Å². The van der Waals surface area contributed by atoms with E-state index in [0.29, 0.717) is 23.7 Å². The van der Waals surface area contributed by atoms with E-state index in [-0.39, 0.29) is 5.82 Å². The largest absolute Gasteiger partial charge is 0.313 e. The Bertz CT molecular complexity index is 1100. The van der Waals surface area contributed by atoms with Crippen molar-refractivity contribution in [2.24, 2.45) is 0 Å². The van der Waals surface area contributed by atoms with Gasteiger partial charge < -0.3 is 5.32 Å². The summed E-state index contributed by atoms with van der Waals surface area (Å²) in [5.74, 6) is 0.142. The van der Waals surface area contributed by atoms with Gasteiger partial charge in [-0.15, -0.1) is 0 Å². The average Bonchev–Trinajstić information content (AvgIpc) is 3.17. The highest BCUT2D eigenvalue weighted by Crippen LogP contribution is 2.39. The van der Waals surface area contributed by atoms with Crippen molar-refractivity contribution < 1.29 is 9.18 Å².